The highest BCUT2D eigenvalue weighted by Crippen LogP contribution is 2.13. The summed E-state index contributed by atoms with van der Waals surface area (Å²) in [4.78, 5) is 69.0. The molecule has 3 rings (SSSR count). The van der Waals surface area contributed by atoms with Crippen molar-refractivity contribution in [3.8, 4) is 11.5 Å². The fourth-order valence-electron chi connectivity index (χ4n) is 4.08. The molecule has 2 aromatic carbocycles. The third-order valence-electron chi connectivity index (χ3n) is 6.34. The number of carbonyl (C=O) groups is 5. The van der Waals surface area contributed by atoms with E-state index in [0.717, 1.165) is 0 Å². The number of benzene rings is 2. The third kappa shape index (κ3) is 10.2. The molecule has 4 atom stereocenters. The van der Waals surface area contributed by atoms with E-state index in [2.05, 4.69) is 25.9 Å². The van der Waals surface area contributed by atoms with Crippen molar-refractivity contribution in [1.29, 1.82) is 0 Å². The highest BCUT2D eigenvalue weighted by molar-refractivity contribution is 5.95. The van der Waals surface area contributed by atoms with Gasteiger partial charge in [-0.1, -0.05) is 24.3 Å². The Morgan fingerprint density at radius 1 is 0.721 bits per heavy atom. The van der Waals surface area contributed by atoms with E-state index in [0.29, 0.717) is 16.8 Å². The van der Waals surface area contributed by atoms with Gasteiger partial charge >= 0.3 is 11.9 Å². The number of hydrogen-bond acceptors (Lipinski definition) is 9. The minimum Gasteiger partial charge on any atom is -0.508 e. The van der Waals surface area contributed by atoms with Crippen molar-refractivity contribution in [3.63, 3.8) is 0 Å². The molecule has 1 aromatic heterocycles. The molecule has 0 spiro atoms. The normalized spacial score (nSPS) is 13.6. The summed E-state index contributed by atoms with van der Waals surface area (Å²) in [6, 6.07) is 6.42. The van der Waals surface area contributed by atoms with Crippen molar-refractivity contribution in [2.75, 3.05) is 0 Å². The van der Waals surface area contributed by atoms with E-state index in [1.807, 2.05) is 0 Å². The Hall–Kier alpha value is -5.44. The number of carbonyl (C=O) groups excluding carboxylic acids is 3. The van der Waals surface area contributed by atoms with Gasteiger partial charge in [0.25, 0.3) is 0 Å². The first-order valence-corrected chi connectivity index (χ1v) is 13.1. The number of phenolic OH excluding ortho intramolecular Hbond substituents is 2. The van der Waals surface area contributed by atoms with E-state index in [1.165, 1.54) is 48.9 Å². The van der Waals surface area contributed by atoms with Crippen LogP contribution in [0, 0.1) is 0 Å². The topological polar surface area (TPSA) is 257 Å². The Balaban J connectivity index is 1.82. The predicted octanol–water partition coefficient (Wildman–Crippen LogP) is -0.810. The predicted molar refractivity (Wildman–Crippen MR) is 150 cm³/mol. The second-order valence-corrected chi connectivity index (χ2v) is 9.75. The van der Waals surface area contributed by atoms with Gasteiger partial charge in [0.1, 0.15) is 29.6 Å². The first-order chi connectivity index (χ1) is 20.4. The van der Waals surface area contributed by atoms with Crippen LogP contribution < -0.4 is 21.7 Å². The zero-order valence-corrected chi connectivity index (χ0v) is 22.8. The molecule has 3 aromatic rings. The third-order valence-corrected chi connectivity index (χ3v) is 6.34. The first-order valence-electron chi connectivity index (χ1n) is 13.1. The van der Waals surface area contributed by atoms with Crippen LogP contribution in [-0.2, 0) is 43.2 Å². The number of carboxylic acids is 2. The molecule has 228 valence electrons. The summed E-state index contributed by atoms with van der Waals surface area (Å²) in [6.07, 6.45) is 1.67. The zero-order valence-electron chi connectivity index (χ0n) is 22.8. The zero-order chi connectivity index (χ0) is 31.5. The molecule has 0 aliphatic heterocycles. The van der Waals surface area contributed by atoms with Gasteiger partial charge < -0.3 is 47.1 Å². The molecule has 4 unspecified atom stereocenters. The second-order valence-electron chi connectivity index (χ2n) is 9.75. The van der Waals surface area contributed by atoms with E-state index in [-0.39, 0.29) is 30.8 Å². The molecule has 0 radical (unpaired) electrons. The monoisotopic (exact) mass is 596 g/mol. The van der Waals surface area contributed by atoms with Gasteiger partial charge in [0, 0.05) is 24.7 Å². The summed E-state index contributed by atoms with van der Waals surface area (Å²) in [5, 5.41) is 44.7. The molecule has 43 heavy (non-hydrogen) atoms. The summed E-state index contributed by atoms with van der Waals surface area (Å²) in [6.45, 7) is 0. The fraction of sp³-hybridized carbons (Fsp3) is 0.286. The molecule has 1 heterocycles. The summed E-state index contributed by atoms with van der Waals surface area (Å²) in [5.74, 6) is -5.49. The summed E-state index contributed by atoms with van der Waals surface area (Å²) >= 11 is 0. The molecule has 15 heteroatoms. The smallest absolute Gasteiger partial charge is 0.326 e. The Labute approximate surface area is 245 Å². The second kappa shape index (κ2) is 15.0. The van der Waals surface area contributed by atoms with Crippen LogP contribution in [0.5, 0.6) is 11.5 Å². The van der Waals surface area contributed by atoms with Gasteiger partial charge in [0.05, 0.1) is 18.8 Å². The number of phenols is 2. The minimum atomic E-state index is -1.77. The molecular formula is C28H32N6O9. The lowest BCUT2D eigenvalue weighted by atomic mass is 10.0. The van der Waals surface area contributed by atoms with E-state index >= 15 is 0 Å². The molecule has 0 fully saturated rings. The number of aromatic nitrogens is 2. The van der Waals surface area contributed by atoms with Gasteiger partial charge in [-0.3, -0.25) is 19.2 Å². The van der Waals surface area contributed by atoms with Crippen LogP contribution in [0.2, 0.25) is 0 Å². The van der Waals surface area contributed by atoms with Crippen LogP contribution in [0.4, 0.5) is 0 Å². The molecule has 0 bridgehead atoms. The van der Waals surface area contributed by atoms with Crippen molar-refractivity contribution < 1.29 is 44.4 Å². The van der Waals surface area contributed by atoms with Gasteiger partial charge in [0.2, 0.25) is 17.7 Å². The molecule has 15 nitrogen and oxygen atoms in total. The molecule has 10 N–H and O–H groups in total. The number of aromatic amines is 1. The molecule has 0 saturated carbocycles. The quantitative estimate of drug-likeness (QED) is 0.105. The summed E-state index contributed by atoms with van der Waals surface area (Å²) < 4.78 is 0. The van der Waals surface area contributed by atoms with Crippen molar-refractivity contribution in [3.05, 3.63) is 77.9 Å². The number of hydrogen-bond donors (Lipinski definition) is 9. The maximum atomic E-state index is 13.5. The van der Waals surface area contributed by atoms with Gasteiger partial charge in [-0.2, -0.15) is 0 Å². The molecule has 0 saturated heterocycles. The molecule has 3 amide bonds. The highest BCUT2D eigenvalue weighted by atomic mass is 16.4. The Morgan fingerprint density at radius 3 is 1.70 bits per heavy atom. The molecule has 0 aliphatic rings. The lowest BCUT2D eigenvalue weighted by Crippen LogP contribution is -2.58. The van der Waals surface area contributed by atoms with Gasteiger partial charge in [0.15, 0.2) is 0 Å². The van der Waals surface area contributed by atoms with E-state index in [4.69, 9.17) is 10.8 Å². The van der Waals surface area contributed by atoms with E-state index < -0.39 is 60.2 Å². The van der Waals surface area contributed by atoms with Crippen LogP contribution in [0.25, 0.3) is 0 Å². The maximum Gasteiger partial charge on any atom is 0.326 e. The standard InChI is InChI=1S/C28H32N6O9/c29-20(9-15-1-5-18(35)6-2-15)25(39)32-21(10-16-3-7-19(36)8-4-16)26(40)33-22(11-17-13-30-14-31-17)27(41)34-23(28(42)43)12-24(37)38/h1-8,13-14,20-23,35-36H,9-12,29H2,(H,30,31)(H,32,39)(H,33,40)(H,34,41)(H,37,38)(H,42,43). The van der Waals surface area contributed by atoms with Gasteiger partial charge in [-0.15, -0.1) is 0 Å². The van der Waals surface area contributed by atoms with Crippen molar-refractivity contribution in [2.45, 2.75) is 49.9 Å². The average molecular weight is 597 g/mol. The van der Waals surface area contributed by atoms with Crippen LogP contribution in [-0.4, -0.2) is 84.2 Å². The van der Waals surface area contributed by atoms with E-state index in [9.17, 15) is 39.3 Å². The number of H-pyrrole nitrogens is 1. The van der Waals surface area contributed by atoms with Crippen molar-refractivity contribution in [1.82, 2.24) is 25.9 Å². The number of nitrogens with one attached hydrogen (secondary N) is 4. The van der Waals surface area contributed by atoms with Crippen LogP contribution in [0.15, 0.2) is 61.1 Å². The number of amides is 3. The number of carboxylic acid groups (broad SMARTS) is 2. The van der Waals surface area contributed by atoms with Crippen molar-refractivity contribution >= 4 is 29.7 Å². The summed E-state index contributed by atoms with van der Waals surface area (Å²) in [5.41, 5.74) is 7.70. The Morgan fingerprint density at radius 2 is 1.21 bits per heavy atom. The highest BCUT2D eigenvalue weighted by Gasteiger charge is 2.32. The van der Waals surface area contributed by atoms with Gasteiger partial charge in [-0.25, -0.2) is 9.78 Å². The number of aliphatic carboxylic acids is 2. The van der Waals surface area contributed by atoms with Gasteiger partial charge in [-0.05, 0) is 41.8 Å². The fourth-order valence-corrected chi connectivity index (χ4v) is 4.08. The lowest BCUT2D eigenvalue weighted by molar-refractivity contribution is -0.147. The molecule has 0 aliphatic carbocycles. The first kappa shape index (κ1) is 32.1. The number of nitrogens with two attached hydrogens (primary N) is 1. The minimum absolute atomic E-state index is 0.0182. The van der Waals surface area contributed by atoms with E-state index in [1.54, 1.807) is 12.1 Å². The maximum absolute atomic E-state index is 13.5. The molecular weight excluding hydrogens is 564 g/mol. The number of imidazole rings is 1. The average Bonchev–Trinajstić information content (AvgIpc) is 3.47. The largest absolute Gasteiger partial charge is 0.508 e. The number of rotatable bonds is 15. The van der Waals surface area contributed by atoms with Crippen LogP contribution >= 0.6 is 0 Å². The Kier molecular flexibility index (Phi) is 11.2. The number of nitrogens with zero attached hydrogens (tertiary/aromatic N) is 1. The van der Waals surface area contributed by atoms with Crippen molar-refractivity contribution in [2.24, 2.45) is 5.73 Å². The Bertz CT molecular complexity index is 1410. The number of aromatic hydroxyl groups is 2. The van der Waals surface area contributed by atoms with Crippen LogP contribution in [0.1, 0.15) is 23.2 Å². The SMILES string of the molecule is NC(Cc1ccc(O)cc1)C(=O)NC(Cc1ccc(O)cc1)C(=O)NC(Cc1cnc[nH]1)C(=O)NC(CC(=O)O)C(=O)O. The summed E-state index contributed by atoms with van der Waals surface area (Å²) in [7, 11) is 0. The lowest BCUT2D eigenvalue weighted by Gasteiger charge is -2.25. The van der Waals surface area contributed by atoms with Crippen LogP contribution in [0.3, 0.4) is 0 Å².